The maximum absolute atomic E-state index is 12.2. The molecule has 0 aliphatic rings. The average Bonchev–Trinajstić information content (AvgIpc) is 2.36. The lowest BCUT2D eigenvalue weighted by Crippen LogP contribution is -2.41. The molecule has 0 aromatic heterocycles. The quantitative estimate of drug-likeness (QED) is 0.702. The van der Waals surface area contributed by atoms with Gasteiger partial charge in [-0.25, -0.2) is 8.42 Å². The van der Waals surface area contributed by atoms with Crippen LogP contribution in [0.2, 0.25) is 0 Å². The van der Waals surface area contributed by atoms with Gasteiger partial charge in [-0.1, -0.05) is 12.1 Å². The van der Waals surface area contributed by atoms with Gasteiger partial charge in [0.15, 0.2) is 5.25 Å². The van der Waals surface area contributed by atoms with E-state index in [2.05, 4.69) is 0 Å². The Kier molecular flexibility index (Phi) is 5.07. The Bertz CT molecular complexity index is 636. The van der Waals surface area contributed by atoms with Crippen LogP contribution in [0.4, 0.5) is 5.69 Å². The van der Waals surface area contributed by atoms with Crippen LogP contribution in [0.5, 0.6) is 0 Å². The van der Waals surface area contributed by atoms with Crippen LogP contribution in [0.3, 0.4) is 0 Å². The number of nitriles is 1. The van der Waals surface area contributed by atoms with Gasteiger partial charge in [0.1, 0.15) is 0 Å². The Balaban J connectivity index is 3.08. The third kappa shape index (κ3) is 3.94. The number of sulfonamides is 1. The van der Waals surface area contributed by atoms with Crippen molar-refractivity contribution in [3.63, 3.8) is 0 Å². The summed E-state index contributed by atoms with van der Waals surface area (Å²) in [6.45, 7) is 0.703. The average molecular weight is 296 g/mol. The van der Waals surface area contributed by atoms with Gasteiger partial charge in [-0.05, 0) is 24.6 Å². The predicted molar refractivity (Wildman–Crippen MR) is 74.5 cm³/mol. The minimum atomic E-state index is -3.93. The van der Waals surface area contributed by atoms with Crippen LogP contribution in [0.15, 0.2) is 24.3 Å². The fraction of sp³-hybridized carbons (Fsp3) is 0.333. The molecule has 1 atom stereocenters. The molecule has 7 nitrogen and oxygen atoms in total. The van der Waals surface area contributed by atoms with Gasteiger partial charge in [0, 0.05) is 12.2 Å². The van der Waals surface area contributed by atoms with Gasteiger partial charge in [-0.15, -0.1) is 0 Å². The molecule has 108 valence electrons. The highest BCUT2D eigenvalue weighted by atomic mass is 32.2. The van der Waals surface area contributed by atoms with Gasteiger partial charge < -0.3 is 11.5 Å². The minimum Gasteiger partial charge on any atom is -0.399 e. The molecular weight excluding hydrogens is 280 g/mol. The van der Waals surface area contributed by atoms with Crippen LogP contribution in [0.1, 0.15) is 12.5 Å². The van der Waals surface area contributed by atoms with Crippen molar-refractivity contribution in [2.45, 2.75) is 18.7 Å². The minimum absolute atomic E-state index is 0.0671. The molecule has 8 heteroatoms. The van der Waals surface area contributed by atoms with E-state index in [1.54, 1.807) is 30.3 Å². The van der Waals surface area contributed by atoms with E-state index < -0.39 is 27.7 Å². The third-order valence-electron chi connectivity index (χ3n) is 2.63. The van der Waals surface area contributed by atoms with E-state index in [1.165, 1.54) is 6.92 Å². The topological polar surface area (TPSA) is 130 Å². The lowest BCUT2D eigenvalue weighted by atomic mass is 10.2. The fourth-order valence-corrected chi connectivity index (χ4v) is 2.81. The Morgan fingerprint density at radius 2 is 2.15 bits per heavy atom. The molecule has 20 heavy (non-hydrogen) atoms. The molecule has 1 aromatic rings. The van der Waals surface area contributed by atoms with E-state index in [-0.39, 0.29) is 6.54 Å². The van der Waals surface area contributed by atoms with Crippen LogP contribution >= 0.6 is 0 Å². The Morgan fingerprint density at radius 3 is 2.65 bits per heavy atom. The second-order valence-corrected chi connectivity index (χ2v) is 6.55. The number of anilines is 1. The normalized spacial score (nSPS) is 12.8. The highest BCUT2D eigenvalue weighted by Gasteiger charge is 2.30. The number of carbonyl (C=O) groups is 1. The molecule has 1 amide bonds. The summed E-state index contributed by atoms with van der Waals surface area (Å²) in [6, 6.07) is 8.26. The maximum Gasteiger partial charge on any atom is 0.232 e. The number of rotatable bonds is 6. The van der Waals surface area contributed by atoms with Crippen LogP contribution in [0.25, 0.3) is 0 Å². The smallest absolute Gasteiger partial charge is 0.232 e. The standard InChI is InChI=1S/C12H16N4O3S/c1-9(6-13)20(18,19)16(8-12(15)17)7-10-3-2-4-11(14)5-10/h2-5,9H,7-8,14H2,1H3,(H2,15,17). The lowest BCUT2D eigenvalue weighted by molar-refractivity contribution is -0.118. The van der Waals surface area contributed by atoms with Crippen molar-refractivity contribution in [3.8, 4) is 6.07 Å². The molecule has 0 spiro atoms. The summed E-state index contributed by atoms with van der Waals surface area (Å²) in [6.07, 6.45) is 0. The van der Waals surface area contributed by atoms with Crippen LogP contribution in [0, 0.1) is 11.3 Å². The van der Waals surface area contributed by atoms with Crippen LogP contribution in [-0.4, -0.2) is 30.4 Å². The number of amides is 1. The van der Waals surface area contributed by atoms with E-state index in [0.29, 0.717) is 11.3 Å². The number of primary amides is 1. The van der Waals surface area contributed by atoms with E-state index in [1.807, 2.05) is 0 Å². The molecule has 0 radical (unpaired) electrons. The highest BCUT2D eigenvalue weighted by Crippen LogP contribution is 2.15. The van der Waals surface area contributed by atoms with E-state index in [0.717, 1.165) is 4.31 Å². The van der Waals surface area contributed by atoms with Gasteiger partial charge in [-0.3, -0.25) is 4.79 Å². The van der Waals surface area contributed by atoms with Crippen LogP contribution in [-0.2, 0) is 21.4 Å². The van der Waals surface area contributed by atoms with Gasteiger partial charge in [0.25, 0.3) is 0 Å². The summed E-state index contributed by atoms with van der Waals surface area (Å²) in [5.74, 6) is -0.789. The molecule has 0 fully saturated rings. The summed E-state index contributed by atoms with van der Waals surface area (Å²) < 4.78 is 25.2. The summed E-state index contributed by atoms with van der Waals surface area (Å²) in [4.78, 5) is 11.0. The molecular formula is C12H16N4O3S. The molecule has 0 saturated carbocycles. The Morgan fingerprint density at radius 1 is 1.50 bits per heavy atom. The SMILES string of the molecule is CC(C#N)S(=O)(=O)N(CC(N)=O)Cc1cccc(N)c1. The van der Waals surface area contributed by atoms with Gasteiger partial charge in [0.05, 0.1) is 12.6 Å². The van der Waals surface area contributed by atoms with Crippen molar-refractivity contribution in [3.05, 3.63) is 29.8 Å². The Hall–Kier alpha value is -2.11. The number of nitrogen functional groups attached to an aromatic ring is 1. The first-order chi connectivity index (χ1) is 9.27. The summed E-state index contributed by atoms with van der Waals surface area (Å²) in [5, 5.41) is 7.51. The van der Waals surface area contributed by atoms with Crippen molar-refractivity contribution in [1.29, 1.82) is 5.26 Å². The zero-order valence-corrected chi connectivity index (χ0v) is 11.8. The van der Waals surface area contributed by atoms with Crippen molar-refractivity contribution < 1.29 is 13.2 Å². The first-order valence-electron chi connectivity index (χ1n) is 5.78. The molecule has 0 aliphatic heterocycles. The van der Waals surface area contributed by atoms with E-state index in [4.69, 9.17) is 16.7 Å². The molecule has 1 rings (SSSR count). The number of hydrogen-bond donors (Lipinski definition) is 2. The van der Waals surface area contributed by atoms with Gasteiger partial charge in [-0.2, -0.15) is 9.57 Å². The van der Waals surface area contributed by atoms with E-state index >= 15 is 0 Å². The largest absolute Gasteiger partial charge is 0.399 e. The second kappa shape index (κ2) is 6.36. The van der Waals surface area contributed by atoms with Gasteiger partial charge in [0.2, 0.25) is 15.9 Å². The number of nitrogens with zero attached hydrogens (tertiary/aromatic N) is 2. The number of hydrogen-bond acceptors (Lipinski definition) is 5. The molecule has 4 N–H and O–H groups in total. The monoisotopic (exact) mass is 296 g/mol. The Labute approximate surface area is 117 Å². The third-order valence-corrected chi connectivity index (χ3v) is 4.61. The molecule has 1 unspecified atom stereocenters. The summed E-state index contributed by atoms with van der Waals surface area (Å²) in [5.41, 5.74) is 11.8. The van der Waals surface area contributed by atoms with Crippen LogP contribution < -0.4 is 11.5 Å². The predicted octanol–water partition coefficient (Wildman–Crippen LogP) is -0.202. The molecule has 0 bridgehead atoms. The number of carbonyl (C=O) groups excluding carboxylic acids is 1. The second-order valence-electron chi connectivity index (χ2n) is 4.30. The van der Waals surface area contributed by atoms with E-state index in [9.17, 15) is 13.2 Å². The summed E-state index contributed by atoms with van der Waals surface area (Å²) in [7, 11) is -3.93. The first kappa shape index (κ1) is 15.9. The fourth-order valence-electron chi connectivity index (χ4n) is 1.59. The van der Waals surface area contributed by atoms with Crippen molar-refractivity contribution in [2.24, 2.45) is 5.73 Å². The molecule has 0 heterocycles. The number of benzene rings is 1. The zero-order chi connectivity index (χ0) is 15.3. The van der Waals surface area contributed by atoms with Crippen molar-refractivity contribution in [1.82, 2.24) is 4.31 Å². The van der Waals surface area contributed by atoms with Gasteiger partial charge >= 0.3 is 0 Å². The molecule has 1 aromatic carbocycles. The molecule has 0 saturated heterocycles. The maximum atomic E-state index is 12.2. The van der Waals surface area contributed by atoms with Crippen molar-refractivity contribution in [2.75, 3.05) is 12.3 Å². The number of nitrogens with two attached hydrogens (primary N) is 2. The zero-order valence-electron chi connectivity index (χ0n) is 11.0. The highest BCUT2D eigenvalue weighted by molar-refractivity contribution is 7.89. The summed E-state index contributed by atoms with van der Waals surface area (Å²) >= 11 is 0. The first-order valence-corrected chi connectivity index (χ1v) is 7.29. The molecule has 0 aliphatic carbocycles. The lowest BCUT2D eigenvalue weighted by Gasteiger charge is -2.22. The van der Waals surface area contributed by atoms with Crippen molar-refractivity contribution >= 4 is 21.6 Å².